The number of benzene rings is 12. The lowest BCUT2D eigenvalue weighted by Crippen LogP contribution is -1.93. The van der Waals surface area contributed by atoms with Crippen LogP contribution in [0.1, 0.15) is 23.0 Å². The highest BCUT2D eigenvalue weighted by atomic mass is 32.1. The first-order valence-corrected chi connectivity index (χ1v) is 27.4. The molecule has 0 atom stereocenters. The summed E-state index contributed by atoms with van der Waals surface area (Å²) >= 11 is 1.58. The number of fused-ring (bicyclic) bond motifs is 18. The van der Waals surface area contributed by atoms with Gasteiger partial charge in [-0.05, 0) is 163 Å². The average Bonchev–Trinajstić information content (AvgIpc) is 4.04. The molecule has 82 heavy (non-hydrogen) atoms. The Morgan fingerprint density at radius 2 is 0.866 bits per heavy atom. The fourth-order valence-electron chi connectivity index (χ4n) is 12.1. The molecule has 12 aromatic carbocycles. The predicted molar refractivity (Wildman–Crippen MR) is 331 cm³/mol. The fraction of sp³-hybridized carbons (Fsp3) is 0. The lowest BCUT2D eigenvalue weighted by Gasteiger charge is -2.13. The number of aromatic nitrogens is 4. The molecule has 0 bridgehead atoms. The molecule has 0 fully saturated rings. The van der Waals surface area contributed by atoms with Crippen LogP contribution < -0.4 is 0 Å². The molecule has 0 aliphatic heterocycles. The molecule has 4 aromatic heterocycles. The molecule has 0 amide bonds. The molecule has 16 aromatic rings. The van der Waals surface area contributed by atoms with Gasteiger partial charge >= 0.3 is 11.8 Å². The molecular weight excluding hydrogens is 1020 g/mol. The Morgan fingerprint density at radius 1 is 0.366 bits per heavy atom. The molecule has 0 saturated heterocycles. The van der Waals surface area contributed by atoms with E-state index in [4.69, 9.17) is 19.2 Å². The third-order valence-electron chi connectivity index (χ3n) is 15.8. The zero-order valence-electron chi connectivity index (χ0n) is 43.1. The summed E-state index contributed by atoms with van der Waals surface area (Å²) in [6, 6.07) is 84.2. The fourth-order valence-corrected chi connectivity index (χ4v) is 13.3. The van der Waals surface area contributed by atoms with Crippen molar-refractivity contribution in [2.24, 2.45) is 0 Å². The van der Waals surface area contributed by atoms with Crippen LogP contribution in [0.25, 0.3) is 156 Å². The minimum absolute atomic E-state index is 0.0210. The van der Waals surface area contributed by atoms with Gasteiger partial charge in [0.25, 0.3) is 0 Å². The average molecular weight is 1060 g/mol. The topological polar surface area (TPSA) is 140 Å². The molecular formula is C72H35N8OS+. The minimum Gasteiger partial charge on any atom is -0.451 e. The van der Waals surface area contributed by atoms with Crippen LogP contribution in [0.15, 0.2) is 217 Å². The van der Waals surface area contributed by atoms with Crippen molar-refractivity contribution < 1.29 is 4.42 Å². The van der Waals surface area contributed by atoms with Gasteiger partial charge in [0.05, 0.1) is 10.2 Å². The third-order valence-corrected chi connectivity index (χ3v) is 17.0. The maximum atomic E-state index is 10.5. The summed E-state index contributed by atoms with van der Waals surface area (Å²) in [5.41, 5.74) is 11.3. The molecule has 4 heterocycles. The number of hydrogen-bond donors (Lipinski definition) is 0. The van der Waals surface area contributed by atoms with Gasteiger partial charge in [-0.25, -0.2) is 19.9 Å². The van der Waals surface area contributed by atoms with Crippen molar-refractivity contribution in [1.82, 2.24) is 19.9 Å². The lowest BCUT2D eigenvalue weighted by molar-refractivity contribution is 0.663. The Labute approximate surface area is 470 Å². The van der Waals surface area contributed by atoms with Crippen molar-refractivity contribution in [3.8, 4) is 68.8 Å². The van der Waals surface area contributed by atoms with E-state index < -0.39 is 0 Å². The lowest BCUT2D eigenvalue weighted by atomic mass is 9.90. The quantitative estimate of drug-likeness (QED) is 0.159. The van der Waals surface area contributed by atoms with Crippen molar-refractivity contribution in [1.29, 1.82) is 15.8 Å². The highest BCUT2D eigenvalue weighted by molar-refractivity contribution is 7.26. The van der Waals surface area contributed by atoms with Crippen molar-refractivity contribution in [3.63, 3.8) is 0 Å². The van der Waals surface area contributed by atoms with E-state index in [2.05, 4.69) is 204 Å². The molecule has 9 nitrogen and oxygen atoms in total. The number of furan rings is 1. The number of nitrogens with zero attached hydrogens (tertiary/aromatic N) is 8. The van der Waals surface area contributed by atoms with Crippen molar-refractivity contribution in [2.45, 2.75) is 0 Å². The first kappa shape index (κ1) is 46.4. The predicted octanol–water partition coefficient (Wildman–Crippen LogP) is 18.7. The first-order valence-electron chi connectivity index (χ1n) is 26.5. The van der Waals surface area contributed by atoms with Crippen LogP contribution >= 0.6 is 11.3 Å². The molecule has 0 N–H and O–H groups in total. The van der Waals surface area contributed by atoms with Gasteiger partial charge in [-0.3, -0.25) is 0 Å². The van der Waals surface area contributed by atoms with E-state index in [-0.39, 0.29) is 22.9 Å². The van der Waals surface area contributed by atoms with E-state index in [1.807, 2.05) is 42.5 Å². The molecule has 0 radical (unpaired) electrons. The Morgan fingerprint density at radius 3 is 1.50 bits per heavy atom. The molecule has 10 heteroatoms. The second kappa shape index (κ2) is 18.2. The van der Waals surface area contributed by atoms with Crippen molar-refractivity contribution in [3.05, 3.63) is 240 Å². The molecule has 16 rings (SSSR count). The highest BCUT2D eigenvalue weighted by Gasteiger charge is 2.23. The summed E-state index contributed by atoms with van der Waals surface area (Å²) in [5, 5.41) is 45.3. The SMILES string of the molecule is N#Cc1nc(C#N)c2oc3ccc(-c4ccc5c6cc([N+]#Cc7nc(C#N)nc8c7sc7cc(-c9ccccc9)cc(-c9cccc(-c%10ccc%11c%12ccccc%12c%12ccccc%12c%11c%10)c9)c78)ccc6c6ccccc6c5c4)cc3c2n1. The van der Waals surface area contributed by atoms with Crippen LogP contribution in [-0.2, 0) is 0 Å². The van der Waals surface area contributed by atoms with Gasteiger partial charge in [0, 0.05) is 27.6 Å². The maximum Gasteiger partial charge on any atom is 0.342 e. The van der Waals surface area contributed by atoms with E-state index >= 15 is 0 Å². The summed E-state index contributed by atoms with van der Waals surface area (Å²) in [5.74, 6) is -0.0581. The molecule has 0 unspecified atom stereocenters. The van der Waals surface area contributed by atoms with Crippen molar-refractivity contribution in [2.75, 3.05) is 0 Å². The van der Waals surface area contributed by atoms with Gasteiger partial charge in [0.1, 0.15) is 29.3 Å². The first-order chi connectivity index (χ1) is 40.5. The molecule has 374 valence electrons. The van der Waals surface area contributed by atoms with Crippen molar-refractivity contribution >= 4 is 124 Å². The monoisotopic (exact) mass is 1060 g/mol. The Kier molecular flexibility index (Phi) is 10.3. The van der Waals surface area contributed by atoms with Gasteiger partial charge in [-0.1, -0.05) is 152 Å². The van der Waals surface area contributed by atoms with E-state index in [0.29, 0.717) is 33.4 Å². The standard InChI is InChI=1S/C72H35N8OS/c73-36-62-71-69(79-66(37-74)77-62)61-32-44(23-28-64(61)81-71)43-22-26-56-59(31-43)53-20-9-7-18-51(53)55-27-24-47(35-60(55)56)76-39-63-72-70(80-67(38-75)78-63)68-57(33-46(34-65(68)82-72)40-11-2-1-3-12-40)45-14-10-13-41(29-45)42-21-25-54-50-17-5-4-15-48(50)49-16-6-8-19-52(49)58(54)30-42/h1-35H/q+1. The molecule has 0 saturated carbocycles. The van der Waals surface area contributed by atoms with Gasteiger partial charge in [0.15, 0.2) is 11.3 Å². The Hall–Kier alpha value is -11.7. The molecule has 0 spiro atoms. The largest absolute Gasteiger partial charge is 0.451 e. The van der Waals surface area contributed by atoms with E-state index in [1.165, 1.54) is 32.3 Å². The summed E-state index contributed by atoms with van der Waals surface area (Å²) in [6.45, 7) is 0. The van der Waals surface area contributed by atoms with Crippen LogP contribution in [-0.4, -0.2) is 19.9 Å². The maximum absolute atomic E-state index is 10.5. The van der Waals surface area contributed by atoms with Gasteiger partial charge in [0.2, 0.25) is 17.3 Å². The van der Waals surface area contributed by atoms with Gasteiger partial charge in [-0.15, -0.1) is 11.3 Å². The van der Waals surface area contributed by atoms with Gasteiger partial charge in [-0.2, -0.15) is 15.8 Å². The molecule has 0 aliphatic rings. The van der Waals surface area contributed by atoms with Crippen LogP contribution in [0.4, 0.5) is 5.69 Å². The van der Waals surface area contributed by atoms with Crippen LogP contribution in [0.5, 0.6) is 0 Å². The zero-order valence-corrected chi connectivity index (χ0v) is 43.9. The minimum atomic E-state index is -0.0921. The summed E-state index contributed by atoms with van der Waals surface area (Å²) in [7, 11) is 0. The van der Waals surface area contributed by atoms with Crippen LogP contribution in [0.3, 0.4) is 0 Å². The zero-order chi connectivity index (χ0) is 54.6. The van der Waals surface area contributed by atoms with Gasteiger partial charge < -0.3 is 4.42 Å². The second-order valence-corrected chi connectivity index (χ2v) is 21.4. The van der Waals surface area contributed by atoms with E-state index in [0.717, 1.165) is 91.6 Å². The summed E-state index contributed by atoms with van der Waals surface area (Å²) < 4.78 is 7.82. The Bertz CT molecular complexity index is 5680. The highest BCUT2D eigenvalue weighted by Crippen LogP contribution is 2.46. The number of hydrogen-bond acceptors (Lipinski definition) is 9. The van der Waals surface area contributed by atoms with E-state index in [9.17, 15) is 15.8 Å². The summed E-state index contributed by atoms with van der Waals surface area (Å²) in [4.78, 5) is 23.2. The van der Waals surface area contributed by atoms with E-state index in [1.54, 1.807) is 11.3 Å². The summed E-state index contributed by atoms with van der Waals surface area (Å²) in [6.07, 6.45) is 0. The number of nitriles is 3. The third kappa shape index (κ3) is 7.28. The molecule has 0 aliphatic carbocycles. The van der Waals surface area contributed by atoms with Crippen LogP contribution in [0.2, 0.25) is 0 Å². The Balaban J connectivity index is 0.829. The number of thiophene rings is 1. The second-order valence-electron chi connectivity index (χ2n) is 20.4. The normalized spacial score (nSPS) is 11.5. The smallest absolute Gasteiger partial charge is 0.342 e. The number of rotatable bonds is 4. The van der Waals surface area contributed by atoms with Crippen LogP contribution in [0, 0.1) is 40.1 Å².